The van der Waals surface area contributed by atoms with Crippen LogP contribution < -0.4 is 15.0 Å². The summed E-state index contributed by atoms with van der Waals surface area (Å²) in [6, 6.07) is 16.0. The van der Waals surface area contributed by atoms with Crippen LogP contribution in [0.15, 0.2) is 66.2 Å². The lowest BCUT2D eigenvalue weighted by molar-refractivity contribution is -0.122. The fourth-order valence-corrected chi connectivity index (χ4v) is 3.73. The quantitative estimate of drug-likeness (QED) is 0.324. The number of rotatable bonds is 5. The third-order valence-corrected chi connectivity index (χ3v) is 6.24. The topological polar surface area (TPSA) is 75.7 Å². The van der Waals surface area contributed by atoms with Gasteiger partial charge in [-0.2, -0.15) is 0 Å². The number of hydrogen-bond acceptors (Lipinski definition) is 4. The number of hydrogen-bond donors (Lipinski definition) is 1. The van der Waals surface area contributed by atoms with Crippen molar-refractivity contribution in [1.29, 1.82) is 0 Å². The summed E-state index contributed by atoms with van der Waals surface area (Å²) in [5.74, 6) is -0.934. The molecule has 1 heterocycles. The Morgan fingerprint density at radius 2 is 1.62 bits per heavy atom. The molecule has 9 heteroatoms. The van der Waals surface area contributed by atoms with E-state index in [0.717, 1.165) is 16.0 Å². The third kappa shape index (κ3) is 5.09. The molecule has 3 aromatic rings. The second-order valence-electron chi connectivity index (χ2n) is 7.50. The Bertz CT molecular complexity index is 1340. The van der Waals surface area contributed by atoms with Gasteiger partial charge in [0, 0.05) is 5.02 Å². The van der Waals surface area contributed by atoms with Gasteiger partial charge in [-0.3, -0.25) is 14.9 Å². The minimum absolute atomic E-state index is 0.180. The standard InChI is InChI=1S/C25H17Cl3N2O4/c1-14-2-6-17(12-21(14)27)30-24(32)19(23(31)29-25(30)33)10-15-3-7-18(8-4-15)34-13-16-5-9-20(26)22(28)11-16/h2-12H,13H2,1H3,(H,29,31,33)/b19-10-. The van der Waals surface area contributed by atoms with E-state index in [-0.39, 0.29) is 17.9 Å². The Hall–Kier alpha value is -3.32. The van der Waals surface area contributed by atoms with Crippen molar-refractivity contribution in [1.82, 2.24) is 5.32 Å². The van der Waals surface area contributed by atoms with E-state index in [1.165, 1.54) is 12.1 Å². The summed E-state index contributed by atoms with van der Waals surface area (Å²) in [4.78, 5) is 38.6. The number of urea groups is 1. The van der Waals surface area contributed by atoms with Crippen LogP contribution in [0.2, 0.25) is 15.1 Å². The number of amides is 4. The molecule has 0 bridgehead atoms. The van der Waals surface area contributed by atoms with Crippen molar-refractivity contribution < 1.29 is 19.1 Å². The molecule has 1 saturated heterocycles. The van der Waals surface area contributed by atoms with Gasteiger partial charge in [-0.05, 0) is 66.1 Å². The summed E-state index contributed by atoms with van der Waals surface area (Å²) in [6.45, 7) is 2.09. The number of imide groups is 2. The molecule has 0 spiro atoms. The van der Waals surface area contributed by atoms with E-state index >= 15 is 0 Å². The normalized spacial score (nSPS) is 15.0. The molecule has 1 aliphatic rings. The van der Waals surface area contributed by atoms with Gasteiger partial charge in [0.05, 0.1) is 15.7 Å². The molecule has 0 aromatic heterocycles. The van der Waals surface area contributed by atoms with Crippen LogP contribution in [0, 0.1) is 6.92 Å². The minimum atomic E-state index is -0.835. The SMILES string of the molecule is Cc1ccc(N2C(=O)NC(=O)/C(=C/c3ccc(OCc4ccc(Cl)c(Cl)c4)cc3)C2=O)cc1Cl. The Morgan fingerprint density at radius 1 is 0.882 bits per heavy atom. The second-order valence-corrected chi connectivity index (χ2v) is 8.72. The number of nitrogens with zero attached hydrogens (tertiary/aromatic N) is 1. The number of nitrogens with one attached hydrogen (secondary N) is 1. The zero-order valence-electron chi connectivity index (χ0n) is 17.8. The van der Waals surface area contributed by atoms with Gasteiger partial charge in [-0.15, -0.1) is 0 Å². The van der Waals surface area contributed by atoms with E-state index in [2.05, 4.69) is 5.32 Å². The summed E-state index contributed by atoms with van der Waals surface area (Å²) < 4.78 is 5.75. The largest absolute Gasteiger partial charge is 0.489 e. The summed E-state index contributed by atoms with van der Waals surface area (Å²) in [7, 11) is 0. The Balaban J connectivity index is 1.52. The van der Waals surface area contributed by atoms with Gasteiger partial charge in [0.25, 0.3) is 11.8 Å². The van der Waals surface area contributed by atoms with Crippen molar-refractivity contribution in [3.63, 3.8) is 0 Å². The number of carbonyl (C=O) groups excluding carboxylic acids is 3. The van der Waals surface area contributed by atoms with E-state index in [1.807, 2.05) is 6.07 Å². The van der Waals surface area contributed by atoms with E-state index in [1.54, 1.807) is 55.5 Å². The third-order valence-electron chi connectivity index (χ3n) is 5.10. The molecule has 1 N–H and O–H groups in total. The first-order chi connectivity index (χ1) is 16.2. The van der Waals surface area contributed by atoms with Crippen molar-refractivity contribution in [2.24, 2.45) is 0 Å². The number of carbonyl (C=O) groups is 3. The second kappa shape index (κ2) is 9.89. The van der Waals surface area contributed by atoms with Gasteiger partial charge in [-0.1, -0.05) is 59.1 Å². The first-order valence-corrected chi connectivity index (χ1v) is 11.2. The van der Waals surface area contributed by atoms with Crippen molar-refractivity contribution in [3.8, 4) is 5.75 Å². The maximum absolute atomic E-state index is 13.0. The minimum Gasteiger partial charge on any atom is -0.489 e. The molecular weight excluding hydrogens is 499 g/mol. The average Bonchev–Trinajstić information content (AvgIpc) is 2.80. The lowest BCUT2D eigenvalue weighted by Gasteiger charge is -2.26. The van der Waals surface area contributed by atoms with Crippen LogP contribution in [-0.4, -0.2) is 17.8 Å². The number of aryl methyl sites for hydroxylation is 1. The molecule has 1 aliphatic heterocycles. The molecule has 34 heavy (non-hydrogen) atoms. The van der Waals surface area contributed by atoms with Crippen LogP contribution >= 0.6 is 34.8 Å². The highest BCUT2D eigenvalue weighted by molar-refractivity contribution is 6.42. The van der Waals surface area contributed by atoms with Crippen molar-refractivity contribution >= 4 is 64.4 Å². The number of barbiturate groups is 1. The van der Waals surface area contributed by atoms with Crippen molar-refractivity contribution in [2.75, 3.05) is 4.90 Å². The first-order valence-electron chi connectivity index (χ1n) is 10.1. The maximum Gasteiger partial charge on any atom is 0.335 e. The van der Waals surface area contributed by atoms with Gasteiger partial charge in [-0.25, -0.2) is 9.69 Å². The van der Waals surface area contributed by atoms with Crippen molar-refractivity contribution in [2.45, 2.75) is 13.5 Å². The summed E-state index contributed by atoms with van der Waals surface area (Å²) in [6.07, 6.45) is 1.41. The molecule has 6 nitrogen and oxygen atoms in total. The lowest BCUT2D eigenvalue weighted by Crippen LogP contribution is -2.54. The number of benzene rings is 3. The smallest absolute Gasteiger partial charge is 0.335 e. The average molecular weight is 516 g/mol. The van der Waals surface area contributed by atoms with E-state index in [9.17, 15) is 14.4 Å². The summed E-state index contributed by atoms with van der Waals surface area (Å²) >= 11 is 18.1. The molecule has 0 atom stereocenters. The van der Waals surface area contributed by atoms with E-state index in [0.29, 0.717) is 26.4 Å². The van der Waals surface area contributed by atoms with Gasteiger partial charge in [0.15, 0.2) is 0 Å². The van der Waals surface area contributed by atoms with E-state index in [4.69, 9.17) is 39.5 Å². The zero-order valence-corrected chi connectivity index (χ0v) is 20.0. The Morgan fingerprint density at radius 3 is 2.29 bits per heavy atom. The molecule has 0 aliphatic carbocycles. The van der Waals surface area contributed by atoms with Gasteiger partial charge >= 0.3 is 6.03 Å². The molecule has 1 fully saturated rings. The summed E-state index contributed by atoms with van der Waals surface area (Å²) in [5.41, 5.74) is 2.31. The van der Waals surface area contributed by atoms with Crippen molar-refractivity contribution in [3.05, 3.63) is 98.0 Å². The molecule has 0 unspecified atom stereocenters. The highest BCUT2D eigenvalue weighted by Gasteiger charge is 2.36. The van der Waals surface area contributed by atoms with Gasteiger partial charge in [0.1, 0.15) is 17.9 Å². The van der Waals surface area contributed by atoms with Gasteiger partial charge in [0.2, 0.25) is 0 Å². The van der Waals surface area contributed by atoms with Gasteiger partial charge < -0.3 is 4.74 Å². The predicted molar refractivity (Wildman–Crippen MR) is 132 cm³/mol. The molecule has 4 rings (SSSR count). The molecule has 172 valence electrons. The van der Waals surface area contributed by atoms with Crippen LogP contribution in [0.5, 0.6) is 5.75 Å². The highest BCUT2D eigenvalue weighted by Crippen LogP contribution is 2.27. The fraction of sp³-hybridized carbons (Fsp3) is 0.0800. The Labute approximate surface area is 210 Å². The van der Waals surface area contributed by atoms with Crippen LogP contribution in [-0.2, 0) is 16.2 Å². The monoisotopic (exact) mass is 514 g/mol. The van der Waals surface area contributed by atoms with E-state index < -0.39 is 17.8 Å². The zero-order chi connectivity index (χ0) is 24.4. The van der Waals surface area contributed by atoms with Crippen LogP contribution in [0.25, 0.3) is 6.08 Å². The molecule has 4 amide bonds. The fourth-order valence-electron chi connectivity index (χ4n) is 3.24. The van der Waals surface area contributed by atoms with Crippen LogP contribution in [0.4, 0.5) is 10.5 Å². The molecule has 0 radical (unpaired) electrons. The molecular formula is C25H17Cl3N2O4. The molecule has 0 saturated carbocycles. The summed E-state index contributed by atoms with van der Waals surface area (Å²) in [5, 5.41) is 3.50. The Kier molecular flexibility index (Phi) is 6.93. The first kappa shape index (κ1) is 23.8. The van der Waals surface area contributed by atoms with Crippen LogP contribution in [0.3, 0.4) is 0 Å². The lowest BCUT2D eigenvalue weighted by atomic mass is 10.1. The maximum atomic E-state index is 13.0. The predicted octanol–water partition coefficient (Wildman–Crippen LogP) is 6.20. The number of ether oxygens (including phenoxy) is 1. The highest BCUT2D eigenvalue weighted by atomic mass is 35.5. The van der Waals surface area contributed by atoms with Crippen LogP contribution in [0.1, 0.15) is 16.7 Å². The number of anilines is 1. The number of halogens is 3. The molecule has 3 aromatic carbocycles.